The van der Waals surface area contributed by atoms with Crippen molar-refractivity contribution < 1.29 is 19.1 Å². The largest absolute Gasteiger partial charge is 0.481 e. The Kier molecular flexibility index (Phi) is 4.76. The number of hydrogen-bond acceptors (Lipinski definition) is 5. The zero-order valence-electron chi connectivity index (χ0n) is 13.2. The molecule has 124 valence electrons. The van der Waals surface area contributed by atoms with Gasteiger partial charge in [0.15, 0.2) is 0 Å². The van der Waals surface area contributed by atoms with Gasteiger partial charge >= 0.3 is 0 Å². The average molecular weight is 319 g/mol. The molecule has 7 heteroatoms. The Morgan fingerprint density at radius 1 is 1.35 bits per heavy atom. The summed E-state index contributed by atoms with van der Waals surface area (Å²) in [6.45, 7) is 2.41. The third-order valence-corrected chi connectivity index (χ3v) is 4.34. The summed E-state index contributed by atoms with van der Waals surface area (Å²) in [4.78, 5) is 32.3. The van der Waals surface area contributed by atoms with E-state index < -0.39 is 0 Å². The molecule has 2 aliphatic heterocycles. The third kappa shape index (κ3) is 3.44. The Balaban J connectivity index is 1.64. The number of nitrogens with zero attached hydrogens (tertiary/aromatic N) is 3. The van der Waals surface area contributed by atoms with Crippen molar-refractivity contribution in [1.82, 2.24) is 9.88 Å². The minimum Gasteiger partial charge on any atom is -0.481 e. The summed E-state index contributed by atoms with van der Waals surface area (Å²) in [6, 6.07) is 3.50. The molecule has 0 aliphatic carbocycles. The van der Waals surface area contributed by atoms with Gasteiger partial charge in [-0.15, -0.1) is 0 Å². The molecule has 0 saturated carbocycles. The average Bonchev–Trinajstić information content (AvgIpc) is 2.61. The summed E-state index contributed by atoms with van der Waals surface area (Å²) in [5, 5.41) is 0. The molecule has 2 aliphatic rings. The van der Waals surface area contributed by atoms with Crippen LogP contribution < -0.4 is 9.64 Å². The van der Waals surface area contributed by atoms with E-state index in [0.29, 0.717) is 32.2 Å². The van der Waals surface area contributed by atoms with Gasteiger partial charge in [0.1, 0.15) is 6.54 Å². The van der Waals surface area contributed by atoms with Crippen molar-refractivity contribution in [3.63, 3.8) is 0 Å². The van der Waals surface area contributed by atoms with Gasteiger partial charge in [0.25, 0.3) is 0 Å². The van der Waals surface area contributed by atoms with Crippen molar-refractivity contribution in [3.05, 3.63) is 18.3 Å². The number of piperazine rings is 1. The Labute approximate surface area is 135 Å². The van der Waals surface area contributed by atoms with Crippen molar-refractivity contribution in [3.8, 4) is 5.88 Å². The molecular weight excluding hydrogens is 298 g/mol. The lowest BCUT2D eigenvalue weighted by Gasteiger charge is -2.36. The van der Waals surface area contributed by atoms with E-state index in [-0.39, 0.29) is 24.3 Å². The lowest BCUT2D eigenvalue weighted by molar-refractivity contribution is -0.142. The molecule has 0 N–H and O–H groups in total. The van der Waals surface area contributed by atoms with Crippen molar-refractivity contribution in [2.75, 3.05) is 44.9 Å². The van der Waals surface area contributed by atoms with E-state index in [2.05, 4.69) is 4.98 Å². The molecule has 0 bridgehead atoms. The Morgan fingerprint density at radius 2 is 2.13 bits per heavy atom. The Hall–Kier alpha value is -2.15. The van der Waals surface area contributed by atoms with E-state index in [0.717, 1.165) is 18.5 Å². The lowest BCUT2D eigenvalue weighted by Crippen LogP contribution is -2.54. The zero-order valence-corrected chi connectivity index (χ0v) is 13.2. The van der Waals surface area contributed by atoms with E-state index in [1.807, 2.05) is 0 Å². The van der Waals surface area contributed by atoms with E-state index in [4.69, 9.17) is 9.47 Å². The van der Waals surface area contributed by atoms with Crippen LogP contribution >= 0.6 is 0 Å². The molecule has 0 atom stereocenters. The summed E-state index contributed by atoms with van der Waals surface area (Å²) < 4.78 is 10.4. The van der Waals surface area contributed by atoms with Crippen LogP contribution in [0.4, 0.5) is 5.69 Å². The van der Waals surface area contributed by atoms with E-state index >= 15 is 0 Å². The first-order valence-electron chi connectivity index (χ1n) is 7.86. The highest BCUT2D eigenvalue weighted by Gasteiger charge is 2.32. The summed E-state index contributed by atoms with van der Waals surface area (Å²) in [5.74, 6) is 0.457. The highest BCUT2D eigenvalue weighted by molar-refractivity contribution is 5.98. The van der Waals surface area contributed by atoms with Crippen LogP contribution in [0.5, 0.6) is 5.88 Å². The quantitative estimate of drug-likeness (QED) is 0.820. The molecule has 23 heavy (non-hydrogen) atoms. The van der Waals surface area contributed by atoms with E-state index in [1.165, 1.54) is 0 Å². The first kappa shape index (κ1) is 15.7. The predicted molar refractivity (Wildman–Crippen MR) is 83.3 cm³/mol. The summed E-state index contributed by atoms with van der Waals surface area (Å²) >= 11 is 0. The minimum absolute atomic E-state index is 0.0101. The Morgan fingerprint density at radius 3 is 2.83 bits per heavy atom. The molecule has 2 amide bonds. The van der Waals surface area contributed by atoms with Crippen LogP contribution in [0.3, 0.4) is 0 Å². The van der Waals surface area contributed by atoms with Gasteiger partial charge < -0.3 is 19.3 Å². The highest BCUT2D eigenvalue weighted by Crippen LogP contribution is 2.23. The number of ether oxygens (including phenoxy) is 2. The summed E-state index contributed by atoms with van der Waals surface area (Å²) in [5.41, 5.74) is 0.750. The zero-order chi connectivity index (χ0) is 16.2. The number of methoxy groups -OCH3 is 1. The van der Waals surface area contributed by atoms with Gasteiger partial charge in [-0.05, 0) is 18.9 Å². The van der Waals surface area contributed by atoms with Crippen molar-refractivity contribution >= 4 is 17.5 Å². The van der Waals surface area contributed by atoms with Crippen molar-refractivity contribution in [1.29, 1.82) is 0 Å². The normalized spacial score (nSPS) is 19.8. The number of rotatable bonds is 3. The number of pyridine rings is 1. The van der Waals surface area contributed by atoms with Gasteiger partial charge in [-0.1, -0.05) is 0 Å². The van der Waals surface area contributed by atoms with Gasteiger partial charge in [-0.25, -0.2) is 4.98 Å². The molecule has 3 rings (SSSR count). The van der Waals surface area contributed by atoms with Crippen LogP contribution in [-0.2, 0) is 14.3 Å². The van der Waals surface area contributed by atoms with Crippen LogP contribution in [0.2, 0.25) is 0 Å². The summed E-state index contributed by atoms with van der Waals surface area (Å²) in [7, 11) is 1.54. The van der Waals surface area contributed by atoms with Gasteiger partial charge in [0, 0.05) is 44.5 Å². The molecular formula is C16H21N3O4. The second kappa shape index (κ2) is 6.95. The second-order valence-electron chi connectivity index (χ2n) is 5.75. The molecule has 3 heterocycles. The van der Waals surface area contributed by atoms with Crippen molar-refractivity contribution in [2.45, 2.75) is 12.8 Å². The first-order valence-corrected chi connectivity index (χ1v) is 7.86. The number of carbonyl (C=O) groups excluding carboxylic acids is 2. The fraction of sp³-hybridized carbons (Fsp3) is 0.562. The smallest absolute Gasteiger partial charge is 0.246 e. The van der Waals surface area contributed by atoms with Crippen LogP contribution in [-0.4, -0.2) is 61.7 Å². The second-order valence-corrected chi connectivity index (χ2v) is 5.75. The first-order chi connectivity index (χ1) is 11.2. The fourth-order valence-corrected chi connectivity index (χ4v) is 3.02. The molecule has 1 aromatic rings. The number of anilines is 1. The molecule has 0 aromatic carbocycles. The highest BCUT2D eigenvalue weighted by atomic mass is 16.5. The van der Waals surface area contributed by atoms with Gasteiger partial charge in [-0.3, -0.25) is 9.59 Å². The third-order valence-electron chi connectivity index (χ3n) is 4.34. The molecule has 1 aromatic heterocycles. The molecule has 0 spiro atoms. The van der Waals surface area contributed by atoms with Crippen LogP contribution in [0.1, 0.15) is 12.8 Å². The molecule has 7 nitrogen and oxygen atoms in total. The maximum absolute atomic E-state index is 12.5. The van der Waals surface area contributed by atoms with E-state index in [9.17, 15) is 9.59 Å². The fourth-order valence-electron chi connectivity index (χ4n) is 3.02. The SMILES string of the molecule is COc1cc(N2CCN(C(=O)C3CCOCC3)CC2=O)ccn1. The monoisotopic (exact) mass is 319 g/mol. The molecule has 0 unspecified atom stereocenters. The van der Waals surface area contributed by atoms with Crippen LogP contribution in [0, 0.1) is 5.92 Å². The molecule has 2 fully saturated rings. The van der Waals surface area contributed by atoms with Crippen molar-refractivity contribution in [2.24, 2.45) is 5.92 Å². The van der Waals surface area contributed by atoms with Gasteiger partial charge in [-0.2, -0.15) is 0 Å². The van der Waals surface area contributed by atoms with Gasteiger partial charge in [0.05, 0.1) is 12.8 Å². The molecule has 2 saturated heterocycles. The standard InChI is InChI=1S/C16H21N3O4/c1-22-14-10-13(2-5-17-14)19-7-6-18(11-15(19)20)16(21)12-3-8-23-9-4-12/h2,5,10,12H,3-4,6-9,11H2,1H3. The number of amides is 2. The minimum atomic E-state index is -0.0788. The van der Waals surface area contributed by atoms with Crippen LogP contribution in [0.25, 0.3) is 0 Å². The predicted octanol–water partition coefficient (Wildman–Crippen LogP) is 0.692. The number of hydrogen-bond donors (Lipinski definition) is 0. The maximum Gasteiger partial charge on any atom is 0.246 e. The molecule has 0 radical (unpaired) electrons. The number of aromatic nitrogens is 1. The maximum atomic E-state index is 12.5. The van der Waals surface area contributed by atoms with Gasteiger partial charge in [0.2, 0.25) is 17.7 Å². The topological polar surface area (TPSA) is 72.0 Å². The summed E-state index contributed by atoms with van der Waals surface area (Å²) in [6.07, 6.45) is 3.10. The van der Waals surface area contributed by atoms with Crippen LogP contribution in [0.15, 0.2) is 18.3 Å². The lowest BCUT2D eigenvalue weighted by atomic mass is 9.98. The number of carbonyl (C=O) groups is 2. The van der Waals surface area contributed by atoms with E-state index in [1.54, 1.807) is 35.2 Å². The Bertz CT molecular complexity index is 586.